The van der Waals surface area contributed by atoms with Crippen molar-refractivity contribution in [3.63, 3.8) is 0 Å². The highest BCUT2D eigenvalue weighted by molar-refractivity contribution is 7.86. The van der Waals surface area contributed by atoms with Crippen molar-refractivity contribution in [3.05, 3.63) is 99.9 Å². The first-order chi connectivity index (χ1) is 17.6. The Hall–Kier alpha value is -4.92. The fourth-order valence-corrected chi connectivity index (χ4v) is 3.81. The summed E-state index contributed by atoms with van der Waals surface area (Å²) in [6.45, 7) is 0. The first-order valence-corrected chi connectivity index (χ1v) is 12.4. The van der Waals surface area contributed by atoms with Gasteiger partial charge in [-0.05, 0) is 36.4 Å². The molecule has 0 unspecified atom stereocenters. The number of nitro benzene ring substituents is 2. The number of rotatable bonds is 8. The lowest BCUT2D eigenvalue weighted by Gasteiger charge is -2.04. The van der Waals surface area contributed by atoms with Crippen molar-refractivity contribution in [2.45, 2.75) is 9.79 Å². The molecule has 0 saturated heterocycles. The highest BCUT2D eigenvalue weighted by Crippen LogP contribution is 2.28. The zero-order valence-corrected chi connectivity index (χ0v) is 19.8. The molecule has 4 N–H and O–H groups in total. The molecule has 0 aliphatic heterocycles. The van der Waals surface area contributed by atoms with Gasteiger partial charge in [-0.15, -0.1) is 0 Å². The molecule has 198 valence electrons. The number of hydrogen-bond acceptors (Lipinski definition) is 14. The van der Waals surface area contributed by atoms with Crippen LogP contribution in [0.5, 0.6) is 0 Å². The monoisotopic (exact) mass is 568 g/mol. The van der Waals surface area contributed by atoms with Crippen LogP contribution in [-0.4, -0.2) is 35.8 Å². The molecule has 0 aliphatic carbocycles. The van der Waals surface area contributed by atoms with Gasteiger partial charge in [-0.3, -0.25) is 49.8 Å². The summed E-state index contributed by atoms with van der Waals surface area (Å²) in [7, 11) is -9.53. The number of benzene rings is 3. The second-order valence-corrected chi connectivity index (χ2v) is 9.87. The Bertz CT molecular complexity index is 1930. The van der Waals surface area contributed by atoms with E-state index in [1.807, 2.05) is 0 Å². The molecule has 0 spiro atoms. The van der Waals surface area contributed by atoms with E-state index in [0.717, 1.165) is 36.4 Å². The highest BCUT2D eigenvalue weighted by Gasteiger charge is 2.21. The largest absolute Gasteiger partial charge is 0.295 e. The van der Waals surface area contributed by atoms with Crippen LogP contribution in [0.1, 0.15) is 0 Å². The quantitative estimate of drug-likeness (QED) is 0.151. The normalized spacial score (nSPS) is 12.8. The summed E-state index contributed by atoms with van der Waals surface area (Å²) >= 11 is 0. The maximum absolute atomic E-state index is 12.7. The van der Waals surface area contributed by atoms with E-state index in [-0.39, 0.29) is 5.69 Å². The average Bonchev–Trinajstić information content (AvgIpc) is 2.82. The fourth-order valence-electron chi connectivity index (χ4n) is 2.81. The smallest absolute Gasteiger partial charge is 0.287 e. The van der Waals surface area contributed by atoms with Gasteiger partial charge in [0.1, 0.15) is 26.5 Å². The van der Waals surface area contributed by atoms with Gasteiger partial charge in [0.15, 0.2) is 5.36 Å². The van der Waals surface area contributed by atoms with Crippen LogP contribution < -0.4 is 32.4 Å². The van der Waals surface area contributed by atoms with Crippen LogP contribution >= 0.6 is 0 Å². The second-order valence-electron chi connectivity index (χ2n) is 7.03. The molecule has 0 amide bonds. The lowest BCUT2D eigenvalue weighted by Crippen LogP contribution is -2.48. The number of anilines is 2. The van der Waals surface area contributed by atoms with Crippen molar-refractivity contribution in [2.24, 2.45) is 10.2 Å². The van der Waals surface area contributed by atoms with Gasteiger partial charge >= 0.3 is 0 Å². The van der Waals surface area contributed by atoms with E-state index < -0.39 is 78.5 Å². The van der Waals surface area contributed by atoms with Crippen molar-refractivity contribution in [2.75, 3.05) is 10.9 Å². The lowest BCUT2D eigenvalue weighted by atomic mass is 10.3. The Morgan fingerprint density at radius 1 is 0.711 bits per heavy atom. The predicted octanol–water partition coefficient (Wildman–Crippen LogP) is -0.552. The molecule has 3 aromatic carbocycles. The van der Waals surface area contributed by atoms with E-state index in [2.05, 4.69) is 21.1 Å². The fraction of sp³-hybridized carbons (Fsp3) is 0. The Kier molecular flexibility index (Phi) is 7.44. The molecular formula is C18H12N6O12S2. The van der Waals surface area contributed by atoms with Crippen LogP contribution in [0, 0.1) is 20.2 Å². The molecule has 38 heavy (non-hydrogen) atoms. The minimum absolute atomic E-state index is 0.390. The summed E-state index contributed by atoms with van der Waals surface area (Å²) in [5, 5.41) is 28.4. The Morgan fingerprint density at radius 2 is 1.16 bits per heavy atom. The summed E-state index contributed by atoms with van der Waals surface area (Å²) in [6, 6.07) is 6.18. The van der Waals surface area contributed by atoms with Crippen molar-refractivity contribution in [1.82, 2.24) is 0 Å². The molecule has 0 radical (unpaired) electrons. The van der Waals surface area contributed by atoms with E-state index >= 15 is 0 Å². The van der Waals surface area contributed by atoms with Crippen molar-refractivity contribution >= 4 is 43.0 Å². The van der Waals surface area contributed by atoms with Gasteiger partial charge < -0.3 is 0 Å². The third kappa shape index (κ3) is 6.07. The molecule has 0 aliphatic rings. The zero-order valence-electron chi connectivity index (χ0n) is 18.2. The topological polar surface area (TPSA) is 278 Å². The van der Waals surface area contributed by atoms with Gasteiger partial charge in [-0.1, -0.05) is 0 Å². The van der Waals surface area contributed by atoms with Crippen molar-refractivity contribution < 1.29 is 35.8 Å². The lowest BCUT2D eigenvalue weighted by molar-refractivity contribution is -0.384. The third-order valence-electron chi connectivity index (χ3n) is 4.59. The zero-order chi connectivity index (χ0) is 28.4. The number of nitro groups is 2. The van der Waals surface area contributed by atoms with Crippen molar-refractivity contribution in [1.29, 1.82) is 0 Å². The van der Waals surface area contributed by atoms with E-state index in [0.29, 0.717) is 12.1 Å². The maximum atomic E-state index is 12.7. The molecule has 0 fully saturated rings. The van der Waals surface area contributed by atoms with E-state index in [4.69, 9.17) is 9.11 Å². The average molecular weight is 568 g/mol. The summed E-state index contributed by atoms with van der Waals surface area (Å²) < 4.78 is 63.0. The van der Waals surface area contributed by atoms with Gasteiger partial charge in [-0.2, -0.15) is 27.0 Å². The maximum Gasteiger partial charge on any atom is 0.295 e. The van der Waals surface area contributed by atoms with E-state index in [1.54, 1.807) is 0 Å². The molecule has 18 nitrogen and oxygen atoms in total. The van der Waals surface area contributed by atoms with Gasteiger partial charge in [0.2, 0.25) is 10.9 Å². The molecule has 3 rings (SSSR count). The Balaban J connectivity index is 2.05. The molecule has 0 atom stereocenters. The SMILES string of the molecule is O=c1cc/c(=N\Nc2ccc(S(=O)(=O)O)cc2[N+](=O)[O-])c(=O)c1=NNc1ccc(S(=O)(=O)O)cc1[N+](=O)[O-]. The summed E-state index contributed by atoms with van der Waals surface area (Å²) in [4.78, 5) is 43.8. The first-order valence-electron chi connectivity index (χ1n) is 9.56. The van der Waals surface area contributed by atoms with Crippen LogP contribution in [-0.2, 0) is 20.2 Å². The minimum atomic E-state index is -4.78. The summed E-state index contributed by atoms with van der Waals surface area (Å²) in [5.74, 6) is 0. The van der Waals surface area contributed by atoms with Gasteiger partial charge in [-0.25, -0.2) is 0 Å². The Morgan fingerprint density at radius 3 is 1.58 bits per heavy atom. The summed E-state index contributed by atoms with van der Waals surface area (Å²) in [5.41, 5.74) is -0.365. The predicted molar refractivity (Wildman–Crippen MR) is 126 cm³/mol. The highest BCUT2D eigenvalue weighted by atomic mass is 32.2. The van der Waals surface area contributed by atoms with E-state index in [9.17, 15) is 46.7 Å². The summed E-state index contributed by atoms with van der Waals surface area (Å²) in [6.07, 6.45) is 0. The molecule has 0 bridgehead atoms. The van der Waals surface area contributed by atoms with Crippen LogP contribution in [0.3, 0.4) is 0 Å². The molecule has 0 aromatic heterocycles. The third-order valence-corrected chi connectivity index (χ3v) is 6.29. The number of nitrogens with one attached hydrogen (secondary N) is 2. The van der Waals surface area contributed by atoms with Crippen LogP contribution in [0.15, 0.2) is 78.1 Å². The van der Waals surface area contributed by atoms with Gasteiger partial charge in [0.05, 0.1) is 9.85 Å². The Labute approximate surface area is 209 Å². The second kappa shape index (κ2) is 10.2. The molecule has 0 saturated carbocycles. The number of nitrogens with zero attached hydrogens (tertiary/aromatic N) is 4. The van der Waals surface area contributed by atoms with Gasteiger partial charge in [0.25, 0.3) is 31.6 Å². The van der Waals surface area contributed by atoms with Gasteiger partial charge in [0, 0.05) is 12.1 Å². The first kappa shape index (κ1) is 27.7. The van der Waals surface area contributed by atoms with Crippen molar-refractivity contribution in [3.8, 4) is 0 Å². The number of hydrogen-bond donors (Lipinski definition) is 4. The van der Waals surface area contributed by atoms with Crippen LogP contribution in [0.4, 0.5) is 22.7 Å². The molecule has 3 aromatic rings. The molecule has 0 heterocycles. The van der Waals surface area contributed by atoms with E-state index in [1.165, 1.54) is 0 Å². The van der Waals surface area contributed by atoms with Crippen LogP contribution in [0.2, 0.25) is 0 Å². The molecule has 20 heteroatoms. The van der Waals surface area contributed by atoms with Crippen LogP contribution in [0.25, 0.3) is 0 Å². The molecular weight excluding hydrogens is 556 g/mol. The minimum Gasteiger partial charge on any atom is -0.287 e. The standard InChI is InChI=1S/C18H12N6O12S2/c25-16-6-5-13(21-19-11-3-1-9(37(31,32)33)7-14(11)23(27)28)18(26)17(16)22-20-12-4-2-10(38(34,35)36)8-15(12)24(29)30/h1-8,19-20H,(H,31,32,33)(H,34,35,36)/b21-13+,22-17?.